The molecule has 1 aliphatic carbocycles. The Morgan fingerprint density at radius 3 is 2.86 bits per heavy atom. The van der Waals surface area contributed by atoms with Gasteiger partial charge in [-0.05, 0) is 25.7 Å². The summed E-state index contributed by atoms with van der Waals surface area (Å²) in [5.41, 5.74) is 0.985. The van der Waals surface area contributed by atoms with Crippen molar-refractivity contribution >= 4 is 5.82 Å². The van der Waals surface area contributed by atoms with Crippen molar-refractivity contribution in [3.05, 3.63) is 18.1 Å². The van der Waals surface area contributed by atoms with Crippen molar-refractivity contribution in [2.24, 2.45) is 5.92 Å². The molecular weight excluding hydrogens is 174 g/mol. The fourth-order valence-corrected chi connectivity index (χ4v) is 1.59. The summed E-state index contributed by atoms with van der Waals surface area (Å²) in [5, 5.41) is 3.32. The lowest BCUT2D eigenvalue weighted by Gasteiger charge is -2.06. The number of aromatic nitrogens is 2. The minimum absolute atomic E-state index is 0.934. The van der Waals surface area contributed by atoms with Crippen LogP contribution in [0, 0.1) is 12.8 Å². The van der Waals surface area contributed by atoms with Crippen LogP contribution >= 0.6 is 0 Å². The Balaban J connectivity index is 1.71. The van der Waals surface area contributed by atoms with Gasteiger partial charge in [0.15, 0.2) is 0 Å². The molecule has 1 saturated carbocycles. The lowest BCUT2D eigenvalue weighted by atomic mass is 10.2. The Morgan fingerprint density at radius 2 is 2.14 bits per heavy atom. The van der Waals surface area contributed by atoms with Gasteiger partial charge in [0.25, 0.3) is 0 Å². The van der Waals surface area contributed by atoms with Crippen molar-refractivity contribution in [3.63, 3.8) is 0 Å². The summed E-state index contributed by atoms with van der Waals surface area (Å²) < 4.78 is 0. The Kier molecular flexibility index (Phi) is 2.96. The molecule has 1 fully saturated rings. The van der Waals surface area contributed by atoms with Gasteiger partial charge in [-0.1, -0.05) is 12.8 Å². The minimum atomic E-state index is 0.934. The van der Waals surface area contributed by atoms with Crippen LogP contribution in [0.5, 0.6) is 0 Å². The van der Waals surface area contributed by atoms with E-state index in [-0.39, 0.29) is 0 Å². The Labute approximate surface area is 85.0 Å². The van der Waals surface area contributed by atoms with Crippen molar-refractivity contribution in [2.45, 2.75) is 32.6 Å². The van der Waals surface area contributed by atoms with Crippen LogP contribution in [0.4, 0.5) is 5.82 Å². The largest absolute Gasteiger partial charge is 0.369 e. The van der Waals surface area contributed by atoms with Crippen molar-refractivity contribution in [3.8, 4) is 0 Å². The molecule has 0 unspecified atom stereocenters. The zero-order valence-electron chi connectivity index (χ0n) is 8.66. The molecule has 0 atom stereocenters. The molecule has 0 spiro atoms. The van der Waals surface area contributed by atoms with Crippen LogP contribution in [-0.2, 0) is 0 Å². The van der Waals surface area contributed by atoms with E-state index in [9.17, 15) is 0 Å². The first-order chi connectivity index (χ1) is 6.86. The minimum Gasteiger partial charge on any atom is -0.369 e. The first-order valence-corrected chi connectivity index (χ1v) is 5.38. The van der Waals surface area contributed by atoms with Gasteiger partial charge in [0.1, 0.15) is 5.82 Å². The lowest BCUT2D eigenvalue weighted by Crippen LogP contribution is -2.05. The van der Waals surface area contributed by atoms with Gasteiger partial charge in [0, 0.05) is 18.9 Å². The summed E-state index contributed by atoms with van der Waals surface area (Å²) in [6, 6.07) is 0. The second-order valence-electron chi connectivity index (χ2n) is 4.00. The summed E-state index contributed by atoms with van der Waals surface area (Å²) >= 11 is 0. The third-order valence-electron chi connectivity index (χ3n) is 2.66. The highest BCUT2D eigenvalue weighted by Gasteiger charge is 2.19. The fourth-order valence-electron chi connectivity index (χ4n) is 1.59. The first-order valence-electron chi connectivity index (χ1n) is 5.38. The quantitative estimate of drug-likeness (QED) is 0.726. The molecule has 2 rings (SSSR count). The monoisotopic (exact) mass is 191 g/mol. The van der Waals surface area contributed by atoms with Gasteiger partial charge in [-0.3, -0.25) is 4.98 Å². The van der Waals surface area contributed by atoms with Crippen LogP contribution < -0.4 is 5.32 Å². The van der Waals surface area contributed by atoms with Gasteiger partial charge in [-0.25, -0.2) is 4.98 Å². The van der Waals surface area contributed by atoms with E-state index in [2.05, 4.69) is 15.3 Å². The fraction of sp³-hybridized carbons (Fsp3) is 0.636. The van der Waals surface area contributed by atoms with E-state index >= 15 is 0 Å². The van der Waals surface area contributed by atoms with E-state index in [1.54, 1.807) is 12.4 Å². The maximum absolute atomic E-state index is 4.24. The third kappa shape index (κ3) is 2.69. The van der Waals surface area contributed by atoms with Crippen LogP contribution in [0.2, 0.25) is 0 Å². The standard InChI is InChI=1S/C11H17N3/c1-9-11(14-8-7-12-9)13-6-2-3-10-4-5-10/h7-8,10H,2-6H2,1H3,(H,13,14). The van der Waals surface area contributed by atoms with Crippen LogP contribution in [0.3, 0.4) is 0 Å². The predicted octanol–water partition coefficient (Wildman–Crippen LogP) is 2.39. The molecule has 1 aliphatic rings. The number of hydrogen-bond acceptors (Lipinski definition) is 3. The number of rotatable bonds is 5. The number of nitrogens with one attached hydrogen (secondary N) is 1. The zero-order valence-corrected chi connectivity index (χ0v) is 8.66. The molecule has 3 nitrogen and oxygen atoms in total. The second kappa shape index (κ2) is 4.40. The van der Waals surface area contributed by atoms with E-state index in [1.807, 2.05) is 6.92 Å². The second-order valence-corrected chi connectivity index (χ2v) is 4.00. The molecule has 1 aromatic heterocycles. The van der Waals surface area contributed by atoms with E-state index in [4.69, 9.17) is 0 Å². The molecule has 0 bridgehead atoms. The molecule has 3 heteroatoms. The SMILES string of the molecule is Cc1nccnc1NCCCC1CC1. The molecule has 0 aromatic carbocycles. The molecule has 0 aliphatic heterocycles. The summed E-state index contributed by atoms with van der Waals surface area (Å²) in [6.07, 6.45) is 8.97. The van der Waals surface area contributed by atoms with Crippen LogP contribution in [0.15, 0.2) is 12.4 Å². The predicted molar refractivity (Wildman–Crippen MR) is 57.2 cm³/mol. The average Bonchev–Trinajstić information content (AvgIpc) is 2.99. The zero-order chi connectivity index (χ0) is 9.80. The van der Waals surface area contributed by atoms with Crippen LogP contribution in [-0.4, -0.2) is 16.5 Å². The summed E-state index contributed by atoms with van der Waals surface area (Å²) in [5.74, 6) is 1.96. The van der Waals surface area contributed by atoms with Crippen LogP contribution in [0.1, 0.15) is 31.4 Å². The molecular formula is C11H17N3. The average molecular weight is 191 g/mol. The normalized spacial score (nSPS) is 15.5. The maximum atomic E-state index is 4.24. The van der Waals surface area contributed by atoms with E-state index < -0.39 is 0 Å². The summed E-state index contributed by atoms with van der Waals surface area (Å²) in [4.78, 5) is 8.42. The summed E-state index contributed by atoms with van der Waals surface area (Å²) in [6.45, 7) is 3.01. The Bertz CT molecular complexity index is 294. The van der Waals surface area contributed by atoms with Gasteiger partial charge in [-0.15, -0.1) is 0 Å². The molecule has 0 amide bonds. The number of anilines is 1. The number of aryl methyl sites for hydroxylation is 1. The first kappa shape index (κ1) is 9.44. The molecule has 0 radical (unpaired) electrons. The third-order valence-corrected chi connectivity index (χ3v) is 2.66. The molecule has 14 heavy (non-hydrogen) atoms. The Morgan fingerprint density at radius 1 is 1.36 bits per heavy atom. The van der Waals surface area contributed by atoms with Crippen molar-refractivity contribution in [1.82, 2.24) is 9.97 Å². The Hall–Kier alpha value is -1.12. The highest BCUT2D eigenvalue weighted by molar-refractivity contribution is 5.37. The number of nitrogens with zero attached hydrogens (tertiary/aromatic N) is 2. The highest BCUT2D eigenvalue weighted by atomic mass is 15.0. The molecule has 76 valence electrons. The molecule has 0 saturated heterocycles. The lowest BCUT2D eigenvalue weighted by molar-refractivity contribution is 0.686. The van der Waals surface area contributed by atoms with Gasteiger partial charge in [0.05, 0.1) is 5.69 Å². The van der Waals surface area contributed by atoms with E-state index in [0.29, 0.717) is 0 Å². The van der Waals surface area contributed by atoms with Crippen LogP contribution in [0.25, 0.3) is 0 Å². The van der Waals surface area contributed by atoms with E-state index in [1.165, 1.54) is 25.7 Å². The molecule has 1 N–H and O–H groups in total. The van der Waals surface area contributed by atoms with Gasteiger partial charge >= 0.3 is 0 Å². The van der Waals surface area contributed by atoms with Gasteiger partial charge in [-0.2, -0.15) is 0 Å². The van der Waals surface area contributed by atoms with Gasteiger partial charge in [0.2, 0.25) is 0 Å². The highest BCUT2D eigenvalue weighted by Crippen LogP contribution is 2.33. The number of hydrogen-bond donors (Lipinski definition) is 1. The topological polar surface area (TPSA) is 37.8 Å². The molecule has 1 aromatic rings. The van der Waals surface area contributed by atoms with E-state index in [0.717, 1.165) is 24.0 Å². The van der Waals surface area contributed by atoms with Crippen molar-refractivity contribution in [1.29, 1.82) is 0 Å². The van der Waals surface area contributed by atoms with Crippen molar-refractivity contribution in [2.75, 3.05) is 11.9 Å². The van der Waals surface area contributed by atoms with Gasteiger partial charge < -0.3 is 5.32 Å². The smallest absolute Gasteiger partial charge is 0.147 e. The summed E-state index contributed by atoms with van der Waals surface area (Å²) in [7, 11) is 0. The maximum Gasteiger partial charge on any atom is 0.147 e. The van der Waals surface area contributed by atoms with Crippen molar-refractivity contribution < 1.29 is 0 Å². The molecule has 1 heterocycles.